The lowest BCUT2D eigenvalue weighted by molar-refractivity contribution is -0.153. The van der Waals surface area contributed by atoms with Crippen molar-refractivity contribution in [3.8, 4) is 0 Å². The number of aliphatic hydroxyl groups excluding tert-OH is 1. The standard InChI is InChI=1S/C24H33N3O5S/c1-4-26(5-2)16-9-7-15(8-10-16)25-21(29)20-24-12-11-17(33-24)18(23(31)32-6-3)19(24)22(30)27(20)13-14-28/h7-10,17-20,28H,4-6,11-14H2,1-3H3,(H,25,29)/t17-,18+,19-,20?,24?/m0/s1. The Morgan fingerprint density at radius 2 is 1.94 bits per heavy atom. The first-order valence-electron chi connectivity index (χ1n) is 11.8. The number of likely N-dealkylation sites (tertiary alicyclic amines) is 1. The molecule has 3 aliphatic rings. The van der Waals surface area contributed by atoms with Gasteiger partial charge in [-0.15, -0.1) is 11.8 Å². The molecule has 1 aromatic carbocycles. The van der Waals surface area contributed by atoms with Crippen molar-refractivity contribution >= 4 is 40.9 Å². The first kappa shape index (κ1) is 23.9. The fourth-order valence-electron chi connectivity index (χ4n) is 5.86. The summed E-state index contributed by atoms with van der Waals surface area (Å²) >= 11 is 1.59. The summed E-state index contributed by atoms with van der Waals surface area (Å²) in [6.07, 6.45) is 1.46. The fourth-order valence-corrected chi connectivity index (χ4v) is 8.07. The van der Waals surface area contributed by atoms with Gasteiger partial charge in [0.1, 0.15) is 6.04 Å². The van der Waals surface area contributed by atoms with E-state index < -0.39 is 22.6 Å². The van der Waals surface area contributed by atoms with E-state index in [1.54, 1.807) is 18.7 Å². The molecule has 0 aromatic heterocycles. The second kappa shape index (κ2) is 9.54. The van der Waals surface area contributed by atoms with Gasteiger partial charge in [-0.2, -0.15) is 0 Å². The minimum atomic E-state index is -0.737. The van der Waals surface area contributed by atoms with Crippen LogP contribution in [0.25, 0.3) is 0 Å². The maximum absolute atomic E-state index is 13.6. The Labute approximate surface area is 199 Å². The number of aliphatic hydroxyl groups is 1. The van der Waals surface area contributed by atoms with Crippen molar-refractivity contribution in [1.29, 1.82) is 0 Å². The van der Waals surface area contributed by atoms with Gasteiger partial charge in [-0.3, -0.25) is 14.4 Å². The zero-order valence-corrected chi connectivity index (χ0v) is 20.3. The van der Waals surface area contributed by atoms with Crippen LogP contribution in [0.3, 0.4) is 0 Å². The van der Waals surface area contributed by atoms with Gasteiger partial charge in [-0.1, -0.05) is 0 Å². The van der Waals surface area contributed by atoms with Gasteiger partial charge in [0.25, 0.3) is 0 Å². The van der Waals surface area contributed by atoms with Crippen molar-refractivity contribution < 1.29 is 24.2 Å². The fraction of sp³-hybridized carbons (Fsp3) is 0.625. The van der Waals surface area contributed by atoms with E-state index in [9.17, 15) is 19.5 Å². The lowest BCUT2D eigenvalue weighted by Crippen LogP contribution is -2.51. The minimum absolute atomic E-state index is 0.0158. The molecule has 3 fully saturated rings. The van der Waals surface area contributed by atoms with Gasteiger partial charge in [0.2, 0.25) is 11.8 Å². The Bertz CT molecular complexity index is 906. The lowest BCUT2D eigenvalue weighted by atomic mass is 9.71. The second-order valence-corrected chi connectivity index (χ2v) is 10.4. The summed E-state index contributed by atoms with van der Waals surface area (Å²) in [5.41, 5.74) is 1.74. The maximum Gasteiger partial charge on any atom is 0.310 e. The van der Waals surface area contributed by atoms with E-state index in [2.05, 4.69) is 24.1 Å². The zero-order valence-electron chi connectivity index (χ0n) is 19.5. The number of carbonyl (C=O) groups is 3. The number of nitrogens with zero attached hydrogens (tertiary/aromatic N) is 2. The number of hydrogen-bond acceptors (Lipinski definition) is 7. The molecule has 5 atom stereocenters. The van der Waals surface area contributed by atoms with Crippen LogP contribution in [-0.4, -0.2) is 76.7 Å². The summed E-state index contributed by atoms with van der Waals surface area (Å²) < 4.78 is 4.62. The largest absolute Gasteiger partial charge is 0.466 e. The van der Waals surface area contributed by atoms with Crippen LogP contribution in [0.2, 0.25) is 0 Å². The molecule has 1 spiro atoms. The van der Waals surface area contributed by atoms with Crippen molar-refractivity contribution in [3.05, 3.63) is 24.3 Å². The maximum atomic E-state index is 13.6. The van der Waals surface area contributed by atoms with Crippen LogP contribution in [0.15, 0.2) is 24.3 Å². The number of ether oxygens (including phenoxy) is 1. The predicted molar refractivity (Wildman–Crippen MR) is 128 cm³/mol. The number of thioether (sulfide) groups is 1. The van der Waals surface area contributed by atoms with Crippen LogP contribution in [0, 0.1) is 11.8 Å². The molecule has 4 rings (SSSR count). The molecule has 180 valence electrons. The summed E-state index contributed by atoms with van der Waals surface area (Å²) in [7, 11) is 0. The van der Waals surface area contributed by atoms with Crippen LogP contribution in [-0.2, 0) is 19.1 Å². The average molecular weight is 476 g/mol. The van der Waals surface area contributed by atoms with Crippen molar-refractivity contribution in [2.24, 2.45) is 11.8 Å². The molecule has 2 N–H and O–H groups in total. The van der Waals surface area contributed by atoms with Crippen molar-refractivity contribution in [2.75, 3.05) is 43.1 Å². The number of anilines is 2. The molecular weight excluding hydrogens is 442 g/mol. The van der Waals surface area contributed by atoms with Crippen LogP contribution in [0.1, 0.15) is 33.6 Å². The van der Waals surface area contributed by atoms with E-state index in [4.69, 9.17) is 4.74 Å². The molecule has 33 heavy (non-hydrogen) atoms. The third kappa shape index (κ3) is 3.89. The van der Waals surface area contributed by atoms with E-state index >= 15 is 0 Å². The molecule has 2 amide bonds. The highest BCUT2D eigenvalue weighted by Crippen LogP contribution is 2.66. The summed E-state index contributed by atoms with van der Waals surface area (Å²) in [6, 6.07) is 6.95. The number of fused-ring (bicyclic) bond motifs is 1. The number of rotatable bonds is 9. The first-order valence-corrected chi connectivity index (χ1v) is 12.7. The van der Waals surface area contributed by atoms with Crippen LogP contribution >= 0.6 is 11.8 Å². The number of hydrogen-bond donors (Lipinski definition) is 2. The third-order valence-corrected chi connectivity index (χ3v) is 9.16. The molecule has 2 unspecified atom stereocenters. The van der Waals surface area contributed by atoms with E-state index in [-0.39, 0.29) is 42.8 Å². The van der Waals surface area contributed by atoms with Gasteiger partial charge < -0.3 is 25.0 Å². The summed E-state index contributed by atoms with van der Waals surface area (Å²) in [5, 5.41) is 12.6. The lowest BCUT2D eigenvalue weighted by Gasteiger charge is -2.34. The normalized spacial score (nSPS) is 29.8. The third-order valence-electron chi connectivity index (χ3n) is 7.21. The number of esters is 1. The molecule has 3 heterocycles. The Kier molecular flexibility index (Phi) is 6.91. The summed E-state index contributed by atoms with van der Waals surface area (Å²) in [6.45, 7) is 7.82. The highest BCUT2D eigenvalue weighted by atomic mass is 32.2. The van der Waals surface area contributed by atoms with Crippen LogP contribution < -0.4 is 10.2 Å². The quantitative estimate of drug-likeness (QED) is 0.528. The van der Waals surface area contributed by atoms with Gasteiger partial charge >= 0.3 is 5.97 Å². The first-order chi connectivity index (χ1) is 15.9. The number of benzene rings is 1. The van der Waals surface area contributed by atoms with Gasteiger partial charge in [0, 0.05) is 36.3 Å². The highest BCUT2D eigenvalue weighted by molar-refractivity contribution is 8.02. The molecule has 3 aliphatic heterocycles. The SMILES string of the molecule is CCOC(=O)[C@@H]1[C@@H]2CCC3(S2)C(C(=O)Nc2ccc(N(CC)CC)cc2)N(CCO)C(=O)[C@H]13. The molecule has 0 saturated carbocycles. The molecule has 0 radical (unpaired) electrons. The Hall–Kier alpha value is -2.26. The van der Waals surface area contributed by atoms with E-state index in [0.29, 0.717) is 12.1 Å². The van der Waals surface area contributed by atoms with Gasteiger partial charge in [0.05, 0.1) is 29.8 Å². The summed E-state index contributed by atoms with van der Waals surface area (Å²) in [5.74, 6) is -1.98. The average Bonchev–Trinajstić information content (AvgIpc) is 3.44. The molecule has 9 heteroatoms. The number of amides is 2. The molecule has 3 saturated heterocycles. The Morgan fingerprint density at radius 1 is 1.24 bits per heavy atom. The van der Waals surface area contributed by atoms with Crippen LogP contribution in [0.4, 0.5) is 11.4 Å². The molecule has 2 bridgehead atoms. The predicted octanol–water partition coefficient (Wildman–Crippen LogP) is 2.12. The van der Waals surface area contributed by atoms with Crippen molar-refractivity contribution in [1.82, 2.24) is 4.90 Å². The van der Waals surface area contributed by atoms with Crippen LogP contribution in [0.5, 0.6) is 0 Å². The summed E-state index contributed by atoms with van der Waals surface area (Å²) in [4.78, 5) is 43.4. The smallest absolute Gasteiger partial charge is 0.310 e. The number of β-amino-alcohol motifs (C(OH)–C–C–N with tert-alkyl or cyclic N) is 1. The Morgan fingerprint density at radius 3 is 2.55 bits per heavy atom. The molecule has 1 aromatic rings. The minimum Gasteiger partial charge on any atom is -0.466 e. The second-order valence-electron chi connectivity index (χ2n) is 8.77. The van der Waals surface area contributed by atoms with E-state index in [1.165, 1.54) is 4.90 Å². The highest BCUT2D eigenvalue weighted by Gasteiger charge is 2.73. The Balaban J connectivity index is 1.60. The van der Waals surface area contributed by atoms with Gasteiger partial charge in [-0.25, -0.2) is 0 Å². The van der Waals surface area contributed by atoms with Crippen molar-refractivity contribution in [3.63, 3.8) is 0 Å². The van der Waals surface area contributed by atoms with Crippen molar-refractivity contribution in [2.45, 2.75) is 49.7 Å². The topological polar surface area (TPSA) is 99.2 Å². The zero-order chi connectivity index (χ0) is 23.8. The van der Waals surface area contributed by atoms with Gasteiger partial charge in [-0.05, 0) is 57.9 Å². The molecule has 8 nitrogen and oxygen atoms in total. The van der Waals surface area contributed by atoms with E-state index in [0.717, 1.165) is 25.2 Å². The van der Waals surface area contributed by atoms with E-state index in [1.807, 2.05) is 24.3 Å². The monoisotopic (exact) mass is 475 g/mol. The van der Waals surface area contributed by atoms with Gasteiger partial charge in [0.15, 0.2) is 0 Å². The molecular formula is C24H33N3O5S. The number of carbonyl (C=O) groups excluding carboxylic acids is 3. The number of nitrogens with one attached hydrogen (secondary N) is 1. The molecule has 0 aliphatic carbocycles.